The summed E-state index contributed by atoms with van der Waals surface area (Å²) in [6.07, 6.45) is 1.14. The van der Waals surface area contributed by atoms with E-state index in [1.54, 1.807) is 0 Å². The molecule has 0 radical (unpaired) electrons. The Hall–Kier alpha value is -0.960. The standard InChI is InChI=1S/C11H13F2N/c1-7-4-11(7)14-6-8-5-9(12)2-3-10(8)13/h2-3,5,7,11,14H,4,6H2,1H3/t7-,11-/m1/s1. The van der Waals surface area contributed by atoms with Gasteiger partial charge in [0, 0.05) is 18.2 Å². The van der Waals surface area contributed by atoms with Gasteiger partial charge in [-0.2, -0.15) is 0 Å². The van der Waals surface area contributed by atoms with Crippen LogP contribution in [-0.4, -0.2) is 6.04 Å². The molecule has 3 heteroatoms. The first-order valence-corrected chi connectivity index (χ1v) is 4.84. The molecule has 76 valence electrons. The van der Waals surface area contributed by atoms with Crippen molar-refractivity contribution < 1.29 is 8.78 Å². The number of halogens is 2. The molecule has 0 saturated heterocycles. The van der Waals surface area contributed by atoms with Gasteiger partial charge < -0.3 is 5.32 Å². The summed E-state index contributed by atoms with van der Waals surface area (Å²) in [5.41, 5.74) is 0.407. The Morgan fingerprint density at radius 2 is 2.14 bits per heavy atom. The van der Waals surface area contributed by atoms with E-state index < -0.39 is 0 Å². The minimum atomic E-state index is -0.382. The largest absolute Gasteiger partial charge is 0.310 e. The summed E-state index contributed by atoms with van der Waals surface area (Å²) in [4.78, 5) is 0. The van der Waals surface area contributed by atoms with Crippen molar-refractivity contribution in [2.75, 3.05) is 0 Å². The molecule has 1 aliphatic rings. The smallest absolute Gasteiger partial charge is 0.127 e. The summed E-state index contributed by atoms with van der Waals surface area (Å²) in [5, 5.41) is 3.18. The monoisotopic (exact) mass is 197 g/mol. The first-order valence-electron chi connectivity index (χ1n) is 4.84. The van der Waals surface area contributed by atoms with Crippen molar-refractivity contribution in [3.63, 3.8) is 0 Å². The molecular formula is C11H13F2N. The van der Waals surface area contributed by atoms with Crippen molar-refractivity contribution in [3.05, 3.63) is 35.4 Å². The van der Waals surface area contributed by atoms with E-state index >= 15 is 0 Å². The topological polar surface area (TPSA) is 12.0 Å². The lowest BCUT2D eigenvalue weighted by atomic mass is 10.2. The molecule has 2 atom stereocenters. The third-order valence-electron chi connectivity index (χ3n) is 2.67. The van der Waals surface area contributed by atoms with E-state index in [4.69, 9.17) is 0 Å². The molecule has 14 heavy (non-hydrogen) atoms. The van der Waals surface area contributed by atoms with Gasteiger partial charge in [0.05, 0.1) is 0 Å². The summed E-state index contributed by atoms with van der Waals surface area (Å²) >= 11 is 0. The summed E-state index contributed by atoms with van der Waals surface area (Å²) in [5.74, 6) is -0.0501. The van der Waals surface area contributed by atoms with Crippen LogP contribution in [0.5, 0.6) is 0 Å². The van der Waals surface area contributed by atoms with Crippen molar-refractivity contribution in [1.29, 1.82) is 0 Å². The Labute approximate surface area is 82.1 Å². The van der Waals surface area contributed by atoms with E-state index in [2.05, 4.69) is 12.2 Å². The van der Waals surface area contributed by atoms with Gasteiger partial charge in [-0.25, -0.2) is 8.78 Å². The van der Waals surface area contributed by atoms with E-state index in [-0.39, 0.29) is 11.6 Å². The van der Waals surface area contributed by atoms with E-state index in [1.807, 2.05) is 0 Å². The fourth-order valence-electron chi connectivity index (χ4n) is 1.53. The Morgan fingerprint density at radius 3 is 2.79 bits per heavy atom. The molecule has 0 bridgehead atoms. The zero-order valence-electron chi connectivity index (χ0n) is 8.06. The number of hydrogen-bond acceptors (Lipinski definition) is 1. The predicted molar refractivity (Wildman–Crippen MR) is 50.8 cm³/mol. The SMILES string of the molecule is C[C@@H]1C[C@H]1NCc1cc(F)ccc1F. The molecule has 1 nitrogen and oxygen atoms in total. The van der Waals surface area contributed by atoms with Crippen molar-refractivity contribution in [2.24, 2.45) is 5.92 Å². The summed E-state index contributed by atoms with van der Waals surface area (Å²) in [7, 11) is 0. The fraction of sp³-hybridized carbons (Fsp3) is 0.455. The fourth-order valence-corrected chi connectivity index (χ4v) is 1.53. The lowest BCUT2D eigenvalue weighted by molar-refractivity contribution is 0.563. The molecular weight excluding hydrogens is 184 g/mol. The molecule has 1 aromatic carbocycles. The molecule has 0 aliphatic heterocycles. The third-order valence-corrected chi connectivity index (χ3v) is 2.67. The molecule has 1 N–H and O–H groups in total. The van der Waals surface area contributed by atoms with Gasteiger partial charge >= 0.3 is 0 Å². The molecule has 1 fully saturated rings. The summed E-state index contributed by atoms with van der Waals surface area (Å²) < 4.78 is 25.9. The third kappa shape index (κ3) is 2.10. The molecule has 0 aromatic heterocycles. The molecule has 0 unspecified atom stereocenters. The Morgan fingerprint density at radius 1 is 1.43 bits per heavy atom. The lowest BCUT2D eigenvalue weighted by Gasteiger charge is -2.04. The van der Waals surface area contributed by atoms with Crippen molar-refractivity contribution >= 4 is 0 Å². The summed E-state index contributed by atoms with van der Waals surface area (Å²) in [6.45, 7) is 2.55. The Bertz CT molecular complexity index is 338. The van der Waals surface area contributed by atoms with Gasteiger partial charge in [0.2, 0.25) is 0 Å². The van der Waals surface area contributed by atoms with Crippen LogP contribution in [0.25, 0.3) is 0 Å². The maximum absolute atomic E-state index is 13.1. The van der Waals surface area contributed by atoms with Gasteiger partial charge in [0.15, 0.2) is 0 Å². The summed E-state index contributed by atoms with van der Waals surface area (Å²) in [6, 6.07) is 4.04. The first-order chi connectivity index (χ1) is 6.66. The zero-order valence-corrected chi connectivity index (χ0v) is 8.06. The maximum Gasteiger partial charge on any atom is 0.127 e. The van der Waals surface area contributed by atoms with Crippen LogP contribution in [0.15, 0.2) is 18.2 Å². The molecule has 0 heterocycles. The molecule has 0 amide bonds. The van der Waals surface area contributed by atoms with E-state index in [9.17, 15) is 8.78 Å². The average molecular weight is 197 g/mol. The van der Waals surface area contributed by atoms with Gasteiger partial charge in [-0.15, -0.1) is 0 Å². The van der Waals surface area contributed by atoms with Crippen molar-refractivity contribution in [2.45, 2.75) is 25.9 Å². The second kappa shape index (κ2) is 3.65. The quantitative estimate of drug-likeness (QED) is 0.784. The highest BCUT2D eigenvalue weighted by Gasteiger charge is 2.31. The Balaban J connectivity index is 1.97. The highest BCUT2D eigenvalue weighted by molar-refractivity contribution is 5.18. The minimum Gasteiger partial charge on any atom is -0.310 e. The van der Waals surface area contributed by atoms with Gasteiger partial charge in [-0.3, -0.25) is 0 Å². The number of benzene rings is 1. The van der Waals surface area contributed by atoms with E-state index in [0.717, 1.165) is 12.5 Å². The number of rotatable bonds is 3. The number of nitrogens with one attached hydrogen (secondary N) is 1. The van der Waals surface area contributed by atoms with Gasteiger partial charge in [0.25, 0.3) is 0 Å². The highest BCUT2D eigenvalue weighted by Crippen LogP contribution is 2.29. The lowest BCUT2D eigenvalue weighted by Crippen LogP contribution is -2.17. The van der Waals surface area contributed by atoms with Crippen LogP contribution in [0.4, 0.5) is 8.78 Å². The van der Waals surface area contributed by atoms with Gasteiger partial charge in [-0.05, 0) is 30.5 Å². The van der Waals surface area contributed by atoms with Gasteiger partial charge in [0.1, 0.15) is 11.6 Å². The second-order valence-corrected chi connectivity index (χ2v) is 3.94. The van der Waals surface area contributed by atoms with Crippen LogP contribution in [0.3, 0.4) is 0 Å². The van der Waals surface area contributed by atoms with Crippen LogP contribution < -0.4 is 5.32 Å². The first kappa shape index (κ1) is 9.59. The molecule has 1 aliphatic carbocycles. The Kier molecular flexibility index (Phi) is 2.50. The predicted octanol–water partition coefficient (Wildman–Crippen LogP) is 2.46. The van der Waals surface area contributed by atoms with Crippen LogP contribution in [-0.2, 0) is 6.54 Å². The molecule has 1 saturated carbocycles. The van der Waals surface area contributed by atoms with Crippen molar-refractivity contribution in [1.82, 2.24) is 5.32 Å². The molecule has 2 rings (SSSR count). The van der Waals surface area contributed by atoms with Crippen molar-refractivity contribution in [3.8, 4) is 0 Å². The normalized spacial score (nSPS) is 25.1. The molecule has 0 spiro atoms. The zero-order chi connectivity index (χ0) is 10.1. The number of hydrogen-bond donors (Lipinski definition) is 1. The second-order valence-electron chi connectivity index (χ2n) is 3.94. The van der Waals surface area contributed by atoms with Crippen LogP contribution >= 0.6 is 0 Å². The van der Waals surface area contributed by atoms with Crippen LogP contribution in [0.2, 0.25) is 0 Å². The van der Waals surface area contributed by atoms with Crippen LogP contribution in [0, 0.1) is 17.6 Å². The highest BCUT2D eigenvalue weighted by atomic mass is 19.1. The van der Waals surface area contributed by atoms with E-state index in [1.165, 1.54) is 12.1 Å². The maximum atomic E-state index is 13.1. The van der Waals surface area contributed by atoms with Crippen LogP contribution in [0.1, 0.15) is 18.9 Å². The minimum absolute atomic E-state index is 0.341. The van der Waals surface area contributed by atoms with Gasteiger partial charge in [-0.1, -0.05) is 6.92 Å². The van der Waals surface area contributed by atoms with E-state index in [0.29, 0.717) is 24.1 Å². The average Bonchev–Trinajstić information content (AvgIpc) is 2.84. The molecule has 1 aromatic rings.